The Labute approximate surface area is 205 Å². The Morgan fingerprint density at radius 1 is 1.16 bits per heavy atom. The molecule has 1 N–H and O–H groups in total. The molecule has 1 saturated heterocycles. The maximum Gasteiger partial charge on any atom is 0.257 e. The van der Waals surface area contributed by atoms with Crippen molar-refractivity contribution in [3.63, 3.8) is 0 Å². The highest BCUT2D eigenvalue weighted by Gasteiger charge is 2.31. The second-order valence-electron chi connectivity index (χ2n) is 8.02. The molecule has 170 valence electrons. The molecule has 3 heterocycles. The zero-order valence-electron chi connectivity index (χ0n) is 17.3. The minimum atomic E-state index is -3.59. The number of piperidine rings is 1. The molecule has 0 saturated carbocycles. The molecule has 1 amide bonds. The van der Waals surface area contributed by atoms with Crippen LogP contribution in [0.2, 0.25) is 8.67 Å². The Bertz CT molecular complexity index is 1230. The van der Waals surface area contributed by atoms with E-state index in [0.717, 1.165) is 6.42 Å². The first-order valence-corrected chi connectivity index (χ1v) is 13.8. The molecule has 2 atom stereocenters. The number of hydrogen-bond donors (Lipinski definition) is 1. The molecular weight excluding hydrogens is 509 g/mol. The molecular formula is C21H21Cl2N3O3S3. The number of sulfonamides is 1. The van der Waals surface area contributed by atoms with Crippen LogP contribution in [0.25, 0.3) is 11.3 Å². The van der Waals surface area contributed by atoms with Gasteiger partial charge in [0, 0.05) is 29.6 Å². The fourth-order valence-corrected chi connectivity index (χ4v) is 7.73. The standard InChI is InChI=1S/C21H21Cl2N3O3S3/c1-12-7-13(2)10-26(9-12)32(28,29)15-5-3-14(4-6-15)20(27)25-21-24-17(11-30-21)16-8-18(22)31-19(16)23/h3-6,8,11-13H,7,9-10H2,1-2H3,(H,24,25,27)/t12-,13-/m0/s1. The maximum atomic E-state index is 13.0. The van der Waals surface area contributed by atoms with Crippen LogP contribution in [0.5, 0.6) is 0 Å². The smallest absolute Gasteiger partial charge is 0.257 e. The van der Waals surface area contributed by atoms with Crippen LogP contribution in [0.3, 0.4) is 0 Å². The summed E-state index contributed by atoms with van der Waals surface area (Å²) in [7, 11) is -3.59. The van der Waals surface area contributed by atoms with Gasteiger partial charge in [-0.3, -0.25) is 10.1 Å². The predicted molar refractivity (Wildman–Crippen MR) is 132 cm³/mol. The number of nitrogens with one attached hydrogen (secondary N) is 1. The average Bonchev–Trinajstić information content (AvgIpc) is 3.32. The van der Waals surface area contributed by atoms with Gasteiger partial charge in [-0.1, -0.05) is 37.0 Å². The maximum absolute atomic E-state index is 13.0. The Morgan fingerprint density at radius 3 is 2.41 bits per heavy atom. The first-order chi connectivity index (χ1) is 15.1. The molecule has 2 aromatic heterocycles. The van der Waals surface area contributed by atoms with E-state index in [4.69, 9.17) is 23.2 Å². The molecule has 3 aromatic rings. The minimum Gasteiger partial charge on any atom is -0.298 e. The number of thiophene rings is 1. The van der Waals surface area contributed by atoms with E-state index >= 15 is 0 Å². The van der Waals surface area contributed by atoms with Crippen LogP contribution in [0.4, 0.5) is 5.13 Å². The topological polar surface area (TPSA) is 79.4 Å². The van der Waals surface area contributed by atoms with Gasteiger partial charge < -0.3 is 0 Å². The zero-order valence-corrected chi connectivity index (χ0v) is 21.3. The van der Waals surface area contributed by atoms with Crippen LogP contribution in [-0.4, -0.2) is 36.7 Å². The highest BCUT2D eigenvalue weighted by molar-refractivity contribution is 7.89. The van der Waals surface area contributed by atoms with Crippen LogP contribution >= 0.6 is 45.9 Å². The van der Waals surface area contributed by atoms with Crippen molar-refractivity contribution in [1.82, 2.24) is 9.29 Å². The second kappa shape index (κ2) is 9.40. The fraction of sp³-hybridized carbons (Fsp3) is 0.333. The van der Waals surface area contributed by atoms with Crippen LogP contribution in [-0.2, 0) is 10.0 Å². The van der Waals surface area contributed by atoms with Gasteiger partial charge in [0.1, 0.15) is 4.34 Å². The van der Waals surface area contributed by atoms with Gasteiger partial charge >= 0.3 is 0 Å². The van der Waals surface area contributed by atoms with Crippen molar-refractivity contribution < 1.29 is 13.2 Å². The molecule has 11 heteroatoms. The highest BCUT2D eigenvalue weighted by Crippen LogP contribution is 2.39. The van der Waals surface area contributed by atoms with Crippen LogP contribution in [0, 0.1) is 11.8 Å². The summed E-state index contributed by atoms with van der Waals surface area (Å²) in [6.07, 6.45) is 1.02. The summed E-state index contributed by atoms with van der Waals surface area (Å²) in [5, 5.41) is 4.94. The molecule has 0 unspecified atom stereocenters. The Hall–Kier alpha value is -1.49. The molecule has 32 heavy (non-hydrogen) atoms. The first-order valence-electron chi connectivity index (χ1n) is 9.95. The van der Waals surface area contributed by atoms with E-state index in [1.54, 1.807) is 15.8 Å². The molecule has 0 aliphatic carbocycles. The molecule has 0 radical (unpaired) electrons. The van der Waals surface area contributed by atoms with Gasteiger partial charge in [-0.2, -0.15) is 4.31 Å². The lowest BCUT2D eigenvalue weighted by Gasteiger charge is -2.34. The van der Waals surface area contributed by atoms with E-state index in [1.165, 1.54) is 46.9 Å². The van der Waals surface area contributed by atoms with Crippen molar-refractivity contribution in [3.8, 4) is 11.3 Å². The van der Waals surface area contributed by atoms with E-state index in [0.29, 0.717) is 55.6 Å². The van der Waals surface area contributed by atoms with Crippen molar-refractivity contribution in [2.75, 3.05) is 18.4 Å². The van der Waals surface area contributed by atoms with Gasteiger partial charge in [0.25, 0.3) is 5.91 Å². The quantitative estimate of drug-likeness (QED) is 0.433. The van der Waals surface area contributed by atoms with Crippen molar-refractivity contribution in [2.45, 2.75) is 25.2 Å². The van der Waals surface area contributed by atoms with E-state index < -0.39 is 10.0 Å². The van der Waals surface area contributed by atoms with Gasteiger partial charge in [-0.05, 0) is 48.6 Å². The third-order valence-corrected chi connectivity index (χ3v) is 9.34. The number of carbonyl (C=O) groups excluding carboxylic acids is 1. The third-order valence-electron chi connectivity index (χ3n) is 5.25. The van der Waals surface area contributed by atoms with Crippen LogP contribution < -0.4 is 5.32 Å². The normalized spacial score (nSPS) is 19.8. The van der Waals surface area contributed by atoms with Gasteiger partial charge in [-0.25, -0.2) is 13.4 Å². The summed E-state index contributed by atoms with van der Waals surface area (Å²) < 4.78 is 28.7. The predicted octanol–water partition coefficient (Wildman–Crippen LogP) is 6.10. The van der Waals surface area contributed by atoms with E-state index in [9.17, 15) is 13.2 Å². The number of hydrogen-bond acceptors (Lipinski definition) is 6. The molecule has 1 aliphatic heterocycles. The number of thiazole rings is 1. The molecule has 1 aliphatic rings. The summed E-state index contributed by atoms with van der Waals surface area (Å²) in [5.41, 5.74) is 1.69. The van der Waals surface area contributed by atoms with Gasteiger partial charge in [0.2, 0.25) is 10.0 Å². The van der Waals surface area contributed by atoms with Gasteiger partial charge in [0.15, 0.2) is 5.13 Å². The molecule has 4 rings (SSSR count). The number of anilines is 1. The molecule has 1 fully saturated rings. The highest BCUT2D eigenvalue weighted by atomic mass is 35.5. The lowest BCUT2D eigenvalue weighted by molar-refractivity contribution is 0.102. The van der Waals surface area contributed by atoms with Crippen molar-refractivity contribution in [1.29, 1.82) is 0 Å². The summed E-state index contributed by atoms with van der Waals surface area (Å²) in [5.74, 6) is 0.271. The van der Waals surface area contributed by atoms with Crippen molar-refractivity contribution in [3.05, 3.63) is 49.9 Å². The summed E-state index contributed by atoms with van der Waals surface area (Å²) in [6.45, 7) is 5.16. The number of halogens is 2. The second-order valence-corrected chi connectivity index (χ2v) is 13.1. The largest absolute Gasteiger partial charge is 0.298 e. The van der Waals surface area contributed by atoms with Gasteiger partial charge in [-0.15, -0.1) is 22.7 Å². The van der Waals surface area contributed by atoms with Crippen molar-refractivity contribution in [2.24, 2.45) is 11.8 Å². The Balaban J connectivity index is 1.46. The SMILES string of the molecule is C[C@H]1C[C@H](C)CN(S(=O)(=O)c2ccc(C(=O)Nc3nc(-c4cc(Cl)sc4Cl)cs3)cc2)C1. The average molecular weight is 531 g/mol. The number of aromatic nitrogens is 1. The van der Waals surface area contributed by atoms with E-state index in [1.807, 2.05) is 0 Å². The molecule has 6 nitrogen and oxygen atoms in total. The first kappa shape index (κ1) is 23.7. The van der Waals surface area contributed by atoms with Crippen molar-refractivity contribution >= 4 is 66.9 Å². The monoisotopic (exact) mass is 529 g/mol. The lowest BCUT2D eigenvalue weighted by Crippen LogP contribution is -2.42. The van der Waals surface area contributed by atoms with Crippen LogP contribution in [0.1, 0.15) is 30.6 Å². The summed E-state index contributed by atoms with van der Waals surface area (Å²) in [4.78, 5) is 17.2. The lowest BCUT2D eigenvalue weighted by atomic mass is 9.94. The van der Waals surface area contributed by atoms with Gasteiger partial charge in [0.05, 0.1) is 14.9 Å². The van der Waals surface area contributed by atoms with Crippen LogP contribution in [0.15, 0.2) is 40.6 Å². The minimum absolute atomic E-state index is 0.191. The summed E-state index contributed by atoms with van der Waals surface area (Å²) in [6, 6.07) is 7.73. The number of nitrogens with zero attached hydrogens (tertiary/aromatic N) is 2. The fourth-order valence-electron chi connectivity index (χ4n) is 3.87. The molecule has 0 spiro atoms. The number of rotatable bonds is 5. The number of carbonyl (C=O) groups is 1. The zero-order chi connectivity index (χ0) is 23.0. The third kappa shape index (κ3) is 5.03. The Morgan fingerprint density at radius 2 is 1.81 bits per heavy atom. The number of amides is 1. The number of benzene rings is 1. The Kier molecular flexibility index (Phi) is 6.95. The summed E-state index contributed by atoms with van der Waals surface area (Å²) >= 11 is 14.7. The molecule has 0 bridgehead atoms. The van der Waals surface area contributed by atoms with E-state index in [-0.39, 0.29) is 10.8 Å². The molecule has 1 aromatic carbocycles. The van der Waals surface area contributed by atoms with E-state index in [2.05, 4.69) is 24.1 Å².